The first-order valence-electron chi connectivity index (χ1n) is 17.8. The molecule has 0 bridgehead atoms. The smallest absolute Gasteiger partial charge is 0.503 e. The predicted molar refractivity (Wildman–Crippen MR) is 214 cm³/mol. The average molecular weight is 790 g/mol. The Morgan fingerprint density at radius 2 is 1.28 bits per heavy atom. The standard InChI is InChI=1S/C47H33N5O.Pd/c1-47(2,3)32-24-26-48-42(27-32)51-40-19-11-10-17-36(40)37-23-21-34(29-41(37)51)53-33-20-22-35-38-18-12-25-49-45(38)52-44(31-15-8-5-9-16-31)43(30-13-6-4-7-14-30)50-46(52)39(35)28-33;/h4-27H,1-3H3;/q-2;+2. The molecule has 0 saturated heterocycles. The summed E-state index contributed by atoms with van der Waals surface area (Å²) in [6, 6.07) is 52.9. The summed E-state index contributed by atoms with van der Waals surface area (Å²) in [6.45, 7) is 6.66. The van der Waals surface area contributed by atoms with E-state index in [0.717, 1.165) is 77.6 Å². The van der Waals surface area contributed by atoms with Crippen LogP contribution in [0.1, 0.15) is 26.3 Å². The molecule has 6 nitrogen and oxygen atoms in total. The maximum absolute atomic E-state index is 6.63. The molecule has 0 aliphatic rings. The topological polar surface area (TPSA) is 57.2 Å². The molecule has 5 aromatic heterocycles. The van der Waals surface area contributed by atoms with E-state index in [-0.39, 0.29) is 25.8 Å². The molecule has 0 fully saturated rings. The predicted octanol–water partition coefficient (Wildman–Crippen LogP) is 11.5. The summed E-state index contributed by atoms with van der Waals surface area (Å²) in [5.41, 5.74) is 8.70. The van der Waals surface area contributed by atoms with Crippen LogP contribution in [0, 0.1) is 12.1 Å². The number of ether oxygens (including phenoxy) is 1. The van der Waals surface area contributed by atoms with Gasteiger partial charge < -0.3 is 13.7 Å². The number of nitrogens with zero attached hydrogens (tertiary/aromatic N) is 5. The Hall–Kier alpha value is -6.13. The third kappa shape index (κ3) is 5.48. The van der Waals surface area contributed by atoms with E-state index >= 15 is 0 Å². The van der Waals surface area contributed by atoms with Crippen LogP contribution in [0.4, 0.5) is 0 Å². The maximum atomic E-state index is 6.63. The van der Waals surface area contributed by atoms with Crippen molar-refractivity contribution < 1.29 is 25.2 Å². The van der Waals surface area contributed by atoms with Gasteiger partial charge in [0.15, 0.2) is 0 Å². The fourth-order valence-corrected chi connectivity index (χ4v) is 7.47. The Morgan fingerprint density at radius 1 is 0.593 bits per heavy atom. The van der Waals surface area contributed by atoms with Crippen LogP contribution in [0.25, 0.3) is 77.6 Å². The first-order chi connectivity index (χ1) is 25.9. The SMILES string of the molecule is CC(C)(C)c1ccnc(-n2c3[c-]c(Oc4[c-]c5c(cc4)c4cccnc4n4c(-c6ccccc6)c(-c6ccccc6)nc54)ccc3c3ccccc32)c1.[Pd+2]. The van der Waals surface area contributed by atoms with Gasteiger partial charge in [-0.25, -0.2) is 9.97 Å². The summed E-state index contributed by atoms with van der Waals surface area (Å²) in [5.74, 6) is 2.00. The Balaban J connectivity index is 0.00000384. The molecular weight excluding hydrogens is 757 g/mol. The van der Waals surface area contributed by atoms with Crippen LogP contribution < -0.4 is 4.74 Å². The first kappa shape index (κ1) is 33.7. The van der Waals surface area contributed by atoms with Crippen molar-refractivity contribution in [2.75, 3.05) is 0 Å². The molecular formula is C47H33N5OPd. The average Bonchev–Trinajstić information content (AvgIpc) is 3.75. The van der Waals surface area contributed by atoms with Gasteiger partial charge in [-0.1, -0.05) is 128 Å². The second-order valence-electron chi connectivity index (χ2n) is 14.4. The molecule has 10 aromatic rings. The van der Waals surface area contributed by atoms with Crippen molar-refractivity contribution in [3.8, 4) is 39.8 Å². The molecule has 0 saturated carbocycles. The summed E-state index contributed by atoms with van der Waals surface area (Å²) in [4.78, 5) is 15.1. The number of aromatic nitrogens is 5. The molecule has 5 aromatic carbocycles. The number of benzene rings is 5. The minimum absolute atomic E-state index is 0. The number of pyridine rings is 3. The van der Waals surface area contributed by atoms with Crippen LogP contribution in [0.2, 0.25) is 0 Å². The maximum Gasteiger partial charge on any atom is 2.00 e. The normalized spacial score (nSPS) is 11.8. The van der Waals surface area contributed by atoms with Crippen LogP contribution in [-0.2, 0) is 25.8 Å². The van der Waals surface area contributed by atoms with E-state index in [1.165, 1.54) is 5.56 Å². The summed E-state index contributed by atoms with van der Waals surface area (Å²) in [5, 5.41) is 5.08. The zero-order chi connectivity index (χ0) is 35.7. The number of para-hydroxylation sites is 1. The van der Waals surface area contributed by atoms with Crippen LogP contribution in [0.5, 0.6) is 11.5 Å². The Bertz CT molecular complexity index is 3020. The number of fused-ring (bicyclic) bond motifs is 9. The molecule has 0 atom stereocenters. The van der Waals surface area contributed by atoms with Crippen molar-refractivity contribution in [2.24, 2.45) is 0 Å². The van der Waals surface area contributed by atoms with Crippen molar-refractivity contribution in [3.05, 3.63) is 164 Å². The molecule has 54 heavy (non-hydrogen) atoms. The summed E-state index contributed by atoms with van der Waals surface area (Å²) >= 11 is 0. The van der Waals surface area contributed by atoms with Crippen molar-refractivity contribution in [1.29, 1.82) is 0 Å². The molecule has 262 valence electrons. The van der Waals surface area contributed by atoms with Gasteiger partial charge in [-0.3, -0.25) is 4.98 Å². The van der Waals surface area contributed by atoms with Gasteiger partial charge in [0.05, 0.1) is 17.0 Å². The summed E-state index contributed by atoms with van der Waals surface area (Å²) < 4.78 is 11.0. The number of hydrogen-bond acceptors (Lipinski definition) is 4. The Kier molecular flexibility index (Phi) is 8.15. The largest absolute Gasteiger partial charge is 2.00 e. The zero-order valence-corrected chi connectivity index (χ0v) is 31.4. The Morgan fingerprint density at radius 3 is 2.06 bits per heavy atom. The zero-order valence-electron chi connectivity index (χ0n) is 29.8. The van der Waals surface area contributed by atoms with Crippen LogP contribution in [0.3, 0.4) is 0 Å². The molecule has 0 spiro atoms. The number of imidazole rings is 1. The fourth-order valence-electron chi connectivity index (χ4n) is 7.47. The second-order valence-corrected chi connectivity index (χ2v) is 14.4. The quantitative estimate of drug-likeness (QED) is 0.0990. The molecule has 5 heterocycles. The monoisotopic (exact) mass is 789 g/mol. The van der Waals surface area contributed by atoms with Crippen molar-refractivity contribution >= 4 is 49.3 Å². The molecule has 0 aliphatic heterocycles. The van der Waals surface area contributed by atoms with Gasteiger partial charge in [-0.15, -0.1) is 29.7 Å². The Labute approximate surface area is 326 Å². The number of hydrogen-bond donors (Lipinski definition) is 0. The molecule has 0 amide bonds. The molecule has 0 aliphatic carbocycles. The van der Waals surface area contributed by atoms with Crippen molar-refractivity contribution in [3.63, 3.8) is 0 Å². The van der Waals surface area contributed by atoms with Gasteiger partial charge in [0.1, 0.15) is 11.5 Å². The van der Waals surface area contributed by atoms with Crippen molar-refractivity contribution in [1.82, 2.24) is 23.9 Å². The first-order valence-corrected chi connectivity index (χ1v) is 17.8. The van der Waals surface area contributed by atoms with Crippen LogP contribution >= 0.6 is 0 Å². The van der Waals surface area contributed by atoms with E-state index in [4.69, 9.17) is 19.7 Å². The second kappa shape index (κ2) is 13.1. The summed E-state index contributed by atoms with van der Waals surface area (Å²) in [6.07, 6.45) is 3.73. The van der Waals surface area contributed by atoms with Gasteiger partial charge in [0, 0.05) is 40.5 Å². The van der Waals surface area contributed by atoms with Crippen LogP contribution in [-0.4, -0.2) is 23.9 Å². The molecule has 0 N–H and O–H groups in total. The van der Waals surface area contributed by atoms with Gasteiger partial charge in [0.2, 0.25) is 0 Å². The van der Waals surface area contributed by atoms with Gasteiger partial charge >= 0.3 is 20.4 Å². The van der Waals surface area contributed by atoms with Crippen molar-refractivity contribution in [2.45, 2.75) is 26.2 Å². The minimum atomic E-state index is -0.0221. The van der Waals surface area contributed by atoms with E-state index in [1.54, 1.807) is 0 Å². The fraction of sp³-hybridized carbons (Fsp3) is 0.0851. The molecule has 0 unspecified atom stereocenters. The van der Waals surface area contributed by atoms with Gasteiger partial charge in [0.25, 0.3) is 0 Å². The molecule has 7 heteroatoms. The van der Waals surface area contributed by atoms with E-state index in [2.05, 4.69) is 133 Å². The summed E-state index contributed by atoms with van der Waals surface area (Å²) in [7, 11) is 0. The van der Waals surface area contributed by atoms with Gasteiger partial charge in [-0.2, -0.15) is 6.07 Å². The molecule has 0 radical (unpaired) electrons. The minimum Gasteiger partial charge on any atom is -0.503 e. The van der Waals surface area contributed by atoms with E-state index < -0.39 is 0 Å². The third-order valence-electron chi connectivity index (χ3n) is 10.0. The van der Waals surface area contributed by atoms with Crippen LogP contribution in [0.15, 0.2) is 146 Å². The van der Waals surface area contributed by atoms with E-state index in [1.807, 2.05) is 54.9 Å². The van der Waals surface area contributed by atoms with Gasteiger partial charge in [-0.05, 0) is 46.0 Å². The molecule has 10 rings (SSSR count). The van der Waals surface area contributed by atoms with E-state index in [9.17, 15) is 0 Å². The third-order valence-corrected chi connectivity index (χ3v) is 10.0. The number of rotatable bonds is 5. The van der Waals surface area contributed by atoms with E-state index in [0.29, 0.717) is 11.5 Å².